The van der Waals surface area contributed by atoms with E-state index in [1.54, 1.807) is 18.3 Å². The fraction of sp³-hybridized carbons (Fsp3) is 0.333. The van der Waals surface area contributed by atoms with Crippen molar-refractivity contribution < 1.29 is 9.53 Å². The van der Waals surface area contributed by atoms with E-state index in [9.17, 15) is 4.79 Å². The van der Waals surface area contributed by atoms with Gasteiger partial charge in [0.25, 0.3) is 0 Å². The fourth-order valence-corrected chi connectivity index (χ4v) is 1.39. The maximum atomic E-state index is 11.0. The van der Waals surface area contributed by atoms with E-state index >= 15 is 0 Å². The Hall–Kier alpha value is -1.20. The molecular formula is C9H12N2O2S. The number of aromatic nitrogens is 1. The Labute approximate surface area is 87.1 Å². The molecule has 1 atom stereocenters. The third kappa shape index (κ3) is 2.65. The van der Waals surface area contributed by atoms with Gasteiger partial charge >= 0.3 is 5.97 Å². The lowest BCUT2D eigenvalue weighted by molar-refractivity contribution is -0.141. The predicted molar refractivity (Wildman–Crippen MR) is 55.2 cm³/mol. The number of nitrogens with one attached hydrogen (secondary N) is 1. The maximum Gasteiger partial charge on any atom is 0.307 e. The molecule has 0 fully saturated rings. The Morgan fingerprint density at radius 3 is 3.07 bits per heavy atom. The van der Waals surface area contributed by atoms with Crippen molar-refractivity contribution in [2.75, 3.05) is 7.11 Å². The van der Waals surface area contributed by atoms with Crippen LogP contribution in [0, 0.1) is 4.64 Å². The van der Waals surface area contributed by atoms with Crippen molar-refractivity contribution in [3.05, 3.63) is 28.5 Å². The number of pyridine rings is 1. The topological polar surface area (TPSA) is 68.1 Å². The zero-order valence-corrected chi connectivity index (χ0v) is 8.64. The van der Waals surface area contributed by atoms with E-state index in [-0.39, 0.29) is 12.4 Å². The van der Waals surface area contributed by atoms with Gasteiger partial charge in [-0.1, -0.05) is 18.3 Å². The molecule has 1 aromatic heterocycles. The van der Waals surface area contributed by atoms with Gasteiger partial charge < -0.3 is 15.5 Å². The minimum Gasteiger partial charge on any atom is -0.469 e. The summed E-state index contributed by atoms with van der Waals surface area (Å²) in [4.78, 5) is 13.8. The van der Waals surface area contributed by atoms with Crippen molar-refractivity contribution in [3.63, 3.8) is 0 Å². The summed E-state index contributed by atoms with van der Waals surface area (Å²) in [5.74, 6) is -0.337. The van der Waals surface area contributed by atoms with Gasteiger partial charge in [0.1, 0.15) is 4.64 Å². The molecule has 0 radical (unpaired) electrons. The Kier molecular flexibility index (Phi) is 3.79. The van der Waals surface area contributed by atoms with Crippen LogP contribution in [0.1, 0.15) is 18.0 Å². The first-order valence-electron chi connectivity index (χ1n) is 4.15. The lowest BCUT2D eigenvalue weighted by Gasteiger charge is -2.09. The average Bonchev–Trinajstić information content (AvgIpc) is 2.18. The van der Waals surface area contributed by atoms with Crippen molar-refractivity contribution in [1.29, 1.82) is 0 Å². The molecule has 0 aliphatic rings. The monoisotopic (exact) mass is 212 g/mol. The predicted octanol–water partition coefficient (Wildman–Crippen LogP) is 1.31. The normalized spacial score (nSPS) is 12.1. The van der Waals surface area contributed by atoms with E-state index in [0.29, 0.717) is 4.64 Å². The summed E-state index contributed by atoms with van der Waals surface area (Å²) >= 11 is 5.03. The molecule has 0 saturated carbocycles. The van der Waals surface area contributed by atoms with Crippen molar-refractivity contribution in [3.8, 4) is 0 Å². The zero-order valence-electron chi connectivity index (χ0n) is 7.82. The van der Waals surface area contributed by atoms with Crippen LogP contribution in [0.3, 0.4) is 0 Å². The average molecular weight is 212 g/mol. The molecule has 1 unspecified atom stereocenters. The molecular weight excluding hydrogens is 200 g/mol. The molecule has 0 saturated heterocycles. The number of nitrogens with two attached hydrogens (primary N) is 1. The Morgan fingerprint density at radius 1 is 1.79 bits per heavy atom. The molecule has 3 N–H and O–H groups in total. The third-order valence-corrected chi connectivity index (χ3v) is 2.22. The summed E-state index contributed by atoms with van der Waals surface area (Å²) in [5.41, 5.74) is 6.54. The third-order valence-electron chi connectivity index (χ3n) is 1.86. The van der Waals surface area contributed by atoms with Gasteiger partial charge in [0.15, 0.2) is 0 Å². The van der Waals surface area contributed by atoms with Crippen LogP contribution < -0.4 is 5.73 Å². The van der Waals surface area contributed by atoms with Gasteiger partial charge in [0, 0.05) is 17.8 Å². The number of hydrogen-bond acceptors (Lipinski definition) is 4. The van der Waals surface area contributed by atoms with Crippen molar-refractivity contribution in [2.24, 2.45) is 5.73 Å². The van der Waals surface area contributed by atoms with Crippen LogP contribution in [0.4, 0.5) is 0 Å². The van der Waals surface area contributed by atoms with E-state index in [2.05, 4.69) is 9.72 Å². The molecule has 0 aliphatic carbocycles. The van der Waals surface area contributed by atoms with E-state index in [1.165, 1.54) is 7.11 Å². The van der Waals surface area contributed by atoms with E-state index in [1.807, 2.05) is 0 Å². The first-order valence-corrected chi connectivity index (χ1v) is 4.56. The van der Waals surface area contributed by atoms with Crippen molar-refractivity contribution in [1.82, 2.24) is 4.98 Å². The van der Waals surface area contributed by atoms with Gasteiger partial charge in [-0.2, -0.15) is 0 Å². The second kappa shape index (κ2) is 4.88. The van der Waals surface area contributed by atoms with E-state index in [4.69, 9.17) is 18.0 Å². The van der Waals surface area contributed by atoms with Crippen LogP contribution in [0.2, 0.25) is 0 Å². The maximum absolute atomic E-state index is 11.0. The Morgan fingerprint density at radius 2 is 2.50 bits per heavy atom. The second-order valence-electron chi connectivity index (χ2n) is 2.84. The first kappa shape index (κ1) is 10.9. The summed E-state index contributed by atoms with van der Waals surface area (Å²) in [5, 5.41) is 0. The van der Waals surface area contributed by atoms with Crippen LogP contribution in [-0.2, 0) is 9.53 Å². The SMILES string of the molecule is COC(=O)CC(N)c1ccc[nH]c1=S. The molecule has 76 valence electrons. The molecule has 0 aromatic carbocycles. The number of esters is 1. The summed E-state index contributed by atoms with van der Waals surface area (Å²) in [6.45, 7) is 0. The molecule has 1 rings (SSSR count). The minimum atomic E-state index is -0.410. The number of aromatic amines is 1. The number of carbonyl (C=O) groups excluding carboxylic acids is 1. The highest BCUT2D eigenvalue weighted by molar-refractivity contribution is 7.71. The summed E-state index contributed by atoms with van der Waals surface area (Å²) in [7, 11) is 1.33. The lowest BCUT2D eigenvalue weighted by Crippen LogP contribution is -2.16. The van der Waals surface area contributed by atoms with Gasteiger partial charge in [-0.3, -0.25) is 4.79 Å². The molecule has 5 heteroatoms. The molecule has 0 bridgehead atoms. The van der Waals surface area contributed by atoms with Crippen LogP contribution in [-0.4, -0.2) is 18.1 Å². The molecule has 1 aromatic rings. The highest BCUT2D eigenvalue weighted by Gasteiger charge is 2.12. The number of rotatable bonds is 3. The van der Waals surface area contributed by atoms with Gasteiger partial charge in [0.05, 0.1) is 13.5 Å². The van der Waals surface area contributed by atoms with Gasteiger partial charge in [-0.25, -0.2) is 0 Å². The smallest absolute Gasteiger partial charge is 0.307 e. The molecule has 4 nitrogen and oxygen atoms in total. The van der Waals surface area contributed by atoms with Crippen LogP contribution in [0.25, 0.3) is 0 Å². The van der Waals surface area contributed by atoms with Crippen molar-refractivity contribution >= 4 is 18.2 Å². The van der Waals surface area contributed by atoms with E-state index in [0.717, 1.165) is 5.56 Å². The summed E-state index contributed by atoms with van der Waals surface area (Å²) in [6.07, 6.45) is 1.86. The van der Waals surface area contributed by atoms with E-state index < -0.39 is 6.04 Å². The summed E-state index contributed by atoms with van der Waals surface area (Å²) in [6, 6.07) is 3.18. The van der Waals surface area contributed by atoms with Gasteiger partial charge in [-0.05, 0) is 6.07 Å². The summed E-state index contributed by atoms with van der Waals surface area (Å²) < 4.78 is 5.08. The van der Waals surface area contributed by atoms with Crippen LogP contribution >= 0.6 is 12.2 Å². The van der Waals surface area contributed by atoms with Crippen LogP contribution in [0.5, 0.6) is 0 Å². The Bertz CT molecular complexity index is 375. The highest BCUT2D eigenvalue weighted by Crippen LogP contribution is 2.14. The molecule has 0 spiro atoms. The van der Waals surface area contributed by atoms with Gasteiger partial charge in [-0.15, -0.1) is 0 Å². The largest absolute Gasteiger partial charge is 0.469 e. The van der Waals surface area contributed by atoms with Crippen molar-refractivity contribution in [2.45, 2.75) is 12.5 Å². The zero-order chi connectivity index (χ0) is 10.6. The second-order valence-corrected chi connectivity index (χ2v) is 3.25. The first-order chi connectivity index (χ1) is 6.65. The van der Waals surface area contributed by atoms with Gasteiger partial charge in [0.2, 0.25) is 0 Å². The number of ether oxygens (including phenoxy) is 1. The number of hydrogen-bond donors (Lipinski definition) is 2. The standard InChI is InChI=1S/C9H12N2O2S/c1-13-8(12)5-7(10)6-3-2-4-11-9(6)14/h2-4,7H,5,10H2,1H3,(H,11,14). The minimum absolute atomic E-state index is 0.137. The molecule has 1 heterocycles. The lowest BCUT2D eigenvalue weighted by atomic mass is 10.1. The number of carbonyl (C=O) groups is 1. The molecule has 0 amide bonds. The molecule has 14 heavy (non-hydrogen) atoms. The van der Waals surface area contributed by atoms with Crippen LogP contribution in [0.15, 0.2) is 18.3 Å². The number of H-pyrrole nitrogens is 1. The number of methoxy groups -OCH3 is 1. The molecule has 0 aliphatic heterocycles. The Balaban J connectivity index is 2.80. The highest BCUT2D eigenvalue weighted by atomic mass is 32.1. The fourth-order valence-electron chi connectivity index (χ4n) is 1.10. The quantitative estimate of drug-likeness (QED) is 0.585.